The fourth-order valence-corrected chi connectivity index (χ4v) is 3.42. The summed E-state index contributed by atoms with van der Waals surface area (Å²) in [6, 6.07) is 6.32. The summed E-state index contributed by atoms with van der Waals surface area (Å²) in [5, 5.41) is 1.19. The van der Waals surface area contributed by atoms with Gasteiger partial charge in [0.1, 0.15) is 5.82 Å². The number of H-pyrrole nitrogens is 2. The molecule has 0 radical (unpaired) electrons. The molecular weight excluding hydrogens is 260 g/mol. The Morgan fingerprint density at radius 1 is 1.38 bits per heavy atom. The quantitative estimate of drug-likeness (QED) is 0.687. The van der Waals surface area contributed by atoms with Crippen molar-refractivity contribution in [3.63, 3.8) is 0 Å². The largest absolute Gasteiger partial charge is 0.360 e. The molecule has 108 valence electrons. The van der Waals surface area contributed by atoms with Crippen molar-refractivity contribution < 1.29 is 0 Å². The average Bonchev–Trinajstić information content (AvgIpc) is 3.18. The molecule has 4 rings (SSSR count). The molecule has 2 heterocycles. The van der Waals surface area contributed by atoms with Gasteiger partial charge >= 0.3 is 0 Å². The number of hydrogen-bond donors (Lipinski definition) is 3. The number of rotatable bonds is 3. The Labute approximate surface area is 123 Å². The topological polar surface area (TPSA) is 70.5 Å². The zero-order chi connectivity index (χ0) is 14.4. The Balaban J connectivity index is 1.84. The van der Waals surface area contributed by atoms with Crippen molar-refractivity contribution in [1.29, 1.82) is 0 Å². The van der Waals surface area contributed by atoms with Crippen LogP contribution in [0.25, 0.3) is 22.3 Å². The van der Waals surface area contributed by atoms with Gasteiger partial charge in [-0.3, -0.25) is 0 Å². The normalized spacial score (nSPS) is 17.5. The molecule has 2 aromatic heterocycles. The summed E-state index contributed by atoms with van der Waals surface area (Å²) in [4.78, 5) is 11.7. The SMILES string of the molecule is CCC1CCc2[nH]c(-c3c[nH]c4ccc(CN)cc34)nc21. The van der Waals surface area contributed by atoms with Gasteiger partial charge in [-0.15, -0.1) is 0 Å². The van der Waals surface area contributed by atoms with Crippen LogP contribution in [0.2, 0.25) is 0 Å². The lowest BCUT2D eigenvalue weighted by Crippen LogP contribution is -1.95. The summed E-state index contributed by atoms with van der Waals surface area (Å²) < 4.78 is 0. The molecule has 3 aromatic rings. The molecule has 4 heteroatoms. The Hall–Kier alpha value is -2.07. The molecule has 1 aromatic carbocycles. The monoisotopic (exact) mass is 280 g/mol. The van der Waals surface area contributed by atoms with Gasteiger partial charge in [0.25, 0.3) is 0 Å². The molecule has 0 saturated carbocycles. The van der Waals surface area contributed by atoms with E-state index in [1.54, 1.807) is 0 Å². The number of hydrogen-bond acceptors (Lipinski definition) is 2. The van der Waals surface area contributed by atoms with Gasteiger partial charge in [-0.1, -0.05) is 13.0 Å². The first-order valence-electron chi connectivity index (χ1n) is 7.69. The van der Waals surface area contributed by atoms with E-state index in [9.17, 15) is 0 Å². The number of benzene rings is 1. The minimum atomic E-state index is 0.563. The van der Waals surface area contributed by atoms with E-state index in [0.717, 1.165) is 28.9 Å². The van der Waals surface area contributed by atoms with Crippen molar-refractivity contribution >= 4 is 10.9 Å². The third-order valence-corrected chi connectivity index (χ3v) is 4.67. The fraction of sp³-hybridized carbons (Fsp3) is 0.353. The molecule has 1 atom stereocenters. The van der Waals surface area contributed by atoms with Crippen LogP contribution in [0.4, 0.5) is 0 Å². The lowest BCUT2D eigenvalue weighted by molar-refractivity contribution is 0.641. The van der Waals surface area contributed by atoms with Crippen LogP contribution in [0.3, 0.4) is 0 Å². The number of nitrogens with two attached hydrogens (primary N) is 1. The van der Waals surface area contributed by atoms with Crippen LogP contribution in [-0.2, 0) is 13.0 Å². The second-order valence-electron chi connectivity index (χ2n) is 5.88. The second-order valence-corrected chi connectivity index (χ2v) is 5.88. The van der Waals surface area contributed by atoms with Crippen LogP contribution in [0, 0.1) is 0 Å². The molecule has 4 N–H and O–H groups in total. The zero-order valence-corrected chi connectivity index (χ0v) is 12.2. The minimum absolute atomic E-state index is 0.563. The van der Waals surface area contributed by atoms with Gasteiger partial charge in [-0.2, -0.15) is 0 Å². The highest BCUT2D eigenvalue weighted by Crippen LogP contribution is 2.36. The van der Waals surface area contributed by atoms with Crippen LogP contribution in [0.1, 0.15) is 42.6 Å². The first-order valence-corrected chi connectivity index (χ1v) is 7.69. The smallest absolute Gasteiger partial charge is 0.140 e. The highest BCUT2D eigenvalue weighted by molar-refractivity contribution is 5.94. The molecule has 1 aliphatic rings. The molecule has 0 amide bonds. The summed E-state index contributed by atoms with van der Waals surface area (Å²) in [5.74, 6) is 1.60. The van der Waals surface area contributed by atoms with Gasteiger partial charge < -0.3 is 15.7 Å². The maximum atomic E-state index is 5.76. The van der Waals surface area contributed by atoms with Crippen LogP contribution in [-0.4, -0.2) is 15.0 Å². The number of imidazole rings is 1. The molecular formula is C17H20N4. The van der Waals surface area contributed by atoms with E-state index in [2.05, 4.69) is 35.1 Å². The van der Waals surface area contributed by atoms with Gasteiger partial charge in [0.05, 0.1) is 5.69 Å². The highest BCUT2D eigenvalue weighted by atomic mass is 15.0. The maximum Gasteiger partial charge on any atom is 0.140 e. The Morgan fingerprint density at radius 3 is 3.10 bits per heavy atom. The minimum Gasteiger partial charge on any atom is -0.360 e. The van der Waals surface area contributed by atoms with Gasteiger partial charge in [-0.25, -0.2) is 4.98 Å². The number of nitrogens with zero attached hydrogens (tertiary/aromatic N) is 1. The standard InChI is InChI=1S/C17H20N4/c1-2-11-4-6-15-16(11)21-17(20-15)13-9-19-14-5-3-10(8-18)7-12(13)14/h3,5,7,9,11,19H,2,4,6,8,18H2,1H3,(H,20,21). The average molecular weight is 280 g/mol. The molecule has 0 saturated heterocycles. The van der Waals surface area contributed by atoms with Crippen LogP contribution in [0.5, 0.6) is 0 Å². The van der Waals surface area contributed by atoms with Gasteiger partial charge in [0.2, 0.25) is 0 Å². The molecule has 4 nitrogen and oxygen atoms in total. The predicted octanol–water partition coefficient (Wildman–Crippen LogP) is 3.46. The number of nitrogens with one attached hydrogen (secondary N) is 2. The molecule has 0 spiro atoms. The van der Waals surface area contributed by atoms with E-state index in [4.69, 9.17) is 10.7 Å². The molecule has 21 heavy (non-hydrogen) atoms. The maximum absolute atomic E-state index is 5.76. The third kappa shape index (κ3) is 1.90. The number of aromatic amines is 2. The Bertz CT molecular complexity index is 796. The Morgan fingerprint density at radius 2 is 2.29 bits per heavy atom. The zero-order valence-electron chi connectivity index (χ0n) is 12.2. The van der Waals surface area contributed by atoms with Crippen molar-refractivity contribution in [3.8, 4) is 11.4 Å². The lowest BCUT2D eigenvalue weighted by Gasteiger charge is -2.03. The third-order valence-electron chi connectivity index (χ3n) is 4.67. The van der Waals surface area contributed by atoms with Gasteiger partial charge in [0.15, 0.2) is 0 Å². The summed E-state index contributed by atoms with van der Waals surface area (Å²) in [5.41, 5.74) is 11.8. The summed E-state index contributed by atoms with van der Waals surface area (Å²) >= 11 is 0. The van der Waals surface area contributed by atoms with Crippen molar-refractivity contribution in [2.45, 2.75) is 38.6 Å². The Kier molecular flexibility index (Phi) is 2.86. The van der Waals surface area contributed by atoms with E-state index in [1.165, 1.54) is 29.6 Å². The number of aromatic nitrogens is 3. The highest BCUT2D eigenvalue weighted by Gasteiger charge is 2.26. The van der Waals surface area contributed by atoms with Crippen molar-refractivity contribution in [2.24, 2.45) is 5.73 Å². The molecule has 0 fully saturated rings. The van der Waals surface area contributed by atoms with Gasteiger partial charge in [-0.05, 0) is 37.0 Å². The molecule has 1 aliphatic carbocycles. The van der Waals surface area contributed by atoms with E-state index >= 15 is 0 Å². The van der Waals surface area contributed by atoms with E-state index in [1.807, 2.05) is 6.20 Å². The lowest BCUT2D eigenvalue weighted by atomic mass is 10.0. The van der Waals surface area contributed by atoms with E-state index < -0.39 is 0 Å². The van der Waals surface area contributed by atoms with Crippen LogP contribution >= 0.6 is 0 Å². The summed E-state index contributed by atoms with van der Waals surface area (Å²) in [6.07, 6.45) is 5.57. The van der Waals surface area contributed by atoms with Crippen molar-refractivity contribution in [3.05, 3.63) is 41.3 Å². The van der Waals surface area contributed by atoms with Crippen molar-refractivity contribution in [2.75, 3.05) is 0 Å². The van der Waals surface area contributed by atoms with E-state index in [-0.39, 0.29) is 0 Å². The van der Waals surface area contributed by atoms with E-state index in [0.29, 0.717) is 12.5 Å². The first kappa shape index (κ1) is 12.7. The first-order chi connectivity index (χ1) is 10.3. The van der Waals surface area contributed by atoms with Crippen molar-refractivity contribution in [1.82, 2.24) is 15.0 Å². The predicted molar refractivity (Wildman–Crippen MR) is 85.1 cm³/mol. The van der Waals surface area contributed by atoms with Gasteiger partial charge in [0, 0.05) is 40.8 Å². The van der Waals surface area contributed by atoms with Crippen LogP contribution in [0.15, 0.2) is 24.4 Å². The molecule has 0 bridgehead atoms. The second kappa shape index (κ2) is 4.74. The summed E-state index contributed by atoms with van der Waals surface area (Å²) in [6.45, 7) is 2.81. The number of fused-ring (bicyclic) bond motifs is 2. The summed E-state index contributed by atoms with van der Waals surface area (Å²) in [7, 11) is 0. The number of aryl methyl sites for hydroxylation is 1. The molecule has 1 unspecified atom stereocenters. The molecule has 0 aliphatic heterocycles. The van der Waals surface area contributed by atoms with Crippen LogP contribution < -0.4 is 5.73 Å². The fourth-order valence-electron chi connectivity index (χ4n) is 3.42.